The molecule has 1 fully saturated rings. The molecule has 0 aromatic carbocycles. The monoisotopic (exact) mass is 239 g/mol. The van der Waals surface area contributed by atoms with Crippen LogP contribution in [0.3, 0.4) is 0 Å². The maximum atomic E-state index is 4.54. The third-order valence-electron chi connectivity index (χ3n) is 2.86. The molecule has 0 amide bonds. The molecule has 2 rings (SSSR count). The van der Waals surface area contributed by atoms with E-state index in [2.05, 4.69) is 36.5 Å². The van der Waals surface area contributed by atoms with Gasteiger partial charge in [0.25, 0.3) is 0 Å². The standard InChI is InChI=1S/C12H21N3S/c1-10(2)3-6-15-7-4-12(14-15)13-11-5-8-16-9-11/h4,7,10-11H,3,5-6,8-9H2,1-2H3,(H,13,14)/t11-/m0/s1. The lowest BCUT2D eigenvalue weighted by Crippen LogP contribution is -2.18. The van der Waals surface area contributed by atoms with E-state index in [0.717, 1.165) is 18.3 Å². The fourth-order valence-corrected chi connectivity index (χ4v) is 2.96. The molecule has 2 heterocycles. The van der Waals surface area contributed by atoms with Crippen LogP contribution in [0.1, 0.15) is 26.7 Å². The summed E-state index contributed by atoms with van der Waals surface area (Å²) in [7, 11) is 0. The summed E-state index contributed by atoms with van der Waals surface area (Å²) in [6.07, 6.45) is 4.54. The van der Waals surface area contributed by atoms with Crippen molar-refractivity contribution in [1.29, 1.82) is 0 Å². The lowest BCUT2D eigenvalue weighted by molar-refractivity contribution is 0.487. The molecule has 90 valence electrons. The van der Waals surface area contributed by atoms with Crippen LogP contribution in [0.4, 0.5) is 5.82 Å². The zero-order valence-corrected chi connectivity index (χ0v) is 11.0. The first-order valence-electron chi connectivity index (χ1n) is 6.12. The third-order valence-corrected chi connectivity index (χ3v) is 4.02. The Morgan fingerprint density at radius 2 is 2.50 bits per heavy atom. The van der Waals surface area contributed by atoms with Gasteiger partial charge in [-0.05, 0) is 24.5 Å². The number of anilines is 1. The van der Waals surface area contributed by atoms with Gasteiger partial charge in [-0.1, -0.05) is 13.8 Å². The van der Waals surface area contributed by atoms with E-state index in [9.17, 15) is 0 Å². The molecule has 0 saturated carbocycles. The quantitative estimate of drug-likeness (QED) is 0.857. The highest BCUT2D eigenvalue weighted by atomic mass is 32.2. The van der Waals surface area contributed by atoms with Gasteiger partial charge in [-0.2, -0.15) is 16.9 Å². The summed E-state index contributed by atoms with van der Waals surface area (Å²) in [5, 5.41) is 8.04. The van der Waals surface area contributed by atoms with Gasteiger partial charge in [0, 0.05) is 30.6 Å². The van der Waals surface area contributed by atoms with Crippen LogP contribution < -0.4 is 5.32 Å². The molecular formula is C12H21N3S. The molecule has 0 radical (unpaired) electrons. The van der Waals surface area contributed by atoms with Crippen molar-refractivity contribution in [3.05, 3.63) is 12.3 Å². The average Bonchev–Trinajstić information content (AvgIpc) is 2.87. The van der Waals surface area contributed by atoms with E-state index in [0.29, 0.717) is 6.04 Å². The lowest BCUT2D eigenvalue weighted by atomic mass is 10.1. The van der Waals surface area contributed by atoms with Gasteiger partial charge in [-0.25, -0.2) is 0 Å². The molecule has 0 spiro atoms. The van der Waals surface area contributed by atoms with Gasteiger partial charge in [0.15, 0.2) is 0 Å². The van der Waals surface area contributed by atoms with Crippen LogP contribution in [0.15, 0.2) is 12.3 Å². The molecule has 1 saturated heterocycles. The maximum Gasteiger partial charge on any atom is 0.148 e. The summed E-state index contributed by atoms with van der Waals surface area (Å²) >= 11 is 2.03. The van der Waals surface area contributed by atoms with Crippen molar-refractivity contribution in [1.82, 2.24) is 9.78 Å². The lowest BCUT2D eigenvalue weighted by Gasteiger charge is -2.09. The molecule has 1 aliphatic rings. The van der Waals surface area contributed by atoms with E-state index in [1.807, 2.05) is 16.4 Å². The molecule has 1 aromatic rings. The van der Waals surface area contributed by atoms with E-state index in [-0.39, 0.29) is 0 Å². The first-order chi connectivity index (χ1) is 7.74. The average molecular weight is 239 g/mol. The summed E-state index contributed by atoms with van der Waals surface area (Å²) in [6.45, 7) is 5.52. The maximum absolute atomic E-state index is 4.54. The van der Waals surface area contributed by atoms with Crippen molar-refractivity contribution in [2.45, 2.75) is 39.3 Å². The molecule has 1 N–H and O–H groups in total. The van der Waals surface area contributed by atoms with Gasteiger partial charge in [0.05, 0.1) is 0 Å². The van der Waals surface area contributed by atoms with Crippen molar-refractivity contribution >= 4 is 17.6 Å². The summed E-state index contributed by atoms with van der Waals surface area (Å²) in [4.78, 5) is 0. The Kier molecular flexibility index (Phi) is 4.16. The van der Waals surface area contributed by atoms with E-state index in [4.69, 9.17) is 0 Å². The number of nitrogens with zero attached hydrogens (tertiary/aromatic N) is 2. The number of aryl methyl sites for hydroxylation is 1. The first kappa shape index (κ1) is 11.8. The van der Waals surface area contributed by atoms with Crippen molar-refractivity contribution in [2.24, 2.45) is 5.92 Å². The van der Waals surface area contributed by atoms with Crippen molar-refractivity contribution in [2.75, 3.05) is 16.8 Å². The second-order valence-electron chi connectivity index (χ2n) is 4.85. The van der Waals surface area contributed by atoms with Gasteiger partial charge in [-0.3, -0.25) is 4.68 Å². The smallest absolute Gasteiger partial charge is 0.148 e. The summed E-state index contributed by atoms with van der Waals surface area (Å²) in [5.41, 5.74) is 0. The molecule has 16 heavy (non-hydrogen) atoms. The number of aromatic nitrogens is 2. The molecule has 4 heteroatoms. The van der Waals surface area contributed by atoms with Crippen LogP contribution in [-0.2, 0) is 6.54 Å². The van der Waals surface area contributed by atoms with Crippen LogP contribution in [0.2, 0.25) is 0 Å². The molecular weight excluding hydrogens is 218 g/mol. The van der Waals surface area contributed by atoms with E-state index in [1.54, 1.807) is 0 Å². The third kappa shape index (κ3) is 3.44. The van der Waals surface area contributed by atoms with Crippen LogP contribution in [0.5, 0.6) is 0 Å². The number of thioether (sulfide) groups is 1. The largest absolute Gasteiger partial charge is 0.365 e. The molecule has 1 aromatic heterocycles. The highest BCUT2D eigenvalue weighted by molar-refractivity contribution is 7.99. The molecule has 0 unspecified atom stereocenters. The predicted octanol–water partition coefficient (Wildman–Crippen LogP) is 2.85. The minimum atomic E-state index is 0.624. The zero-order valence-electron chi connectivity index (χ0n) is 10.1. The summed E-state index contributed by atoms with van der Waals surface area (Å²) in [6, 6.07) is 2.71. The number of hydrogen-bond donors (Lipinski definition) is 1. The normalized spacial score (nSPS) is 20.6. The van der Waals surface area contributed by atoms with Crippen LogP contribution in [-0.4, -0.2) is 27.3 Å². The van der Waals surface area contributed by atoms with E-state index >= 15 is 0 Å². The SMILES string of the molecule is CC(C)CCn1ccc(N[C@H]2CCSC2)n1. The van der Waals surface area contributed by atoms with Gasteiger partial charge in [-0.15, -0.1) is 0 Å². The fraction of sp³-hybridized carbons (Fsp3) is 0.750. The molecule has 1 atom stereocenters. The predicted molar refractivity (Wildman–Crippen MR) is 71.0 cm³/mol. The van der Waals surface area contributed by atoms with Gasteiger partial charge >= 0.3 is 0 Å². The van der Waals surface area contributed by atoms with Gasteiger partial charge in [0.1, 0.15) is 5.82 Å². The Balaban J connectivity index is 1.81. The van der Waals surface area contributed by atoms with Crippen molar-refractivity contribution in [3.63, 3.8) is 0 Å². The zero-order chi connectivity index (χ0) is 11.4. The highest BCUT2D eigenvalue weighted by Gasteiger charge is 2.15. The minimum Gasteiger partial charge on any atom is -0.365 e. The van der Waals surface area contributed by atoms with Crippen LogP contribution >= 0.6 is 11.8 Å². The van der Waals surface area contributed by atoms with Gasteiger partial charge in [0.2, 0.25) is 0 Å². The topological polar surface area (TPSA) is 29.9 Å². The Morgan fingerprint density at radius 1 is 1.62 bits per heavy atom. The Labute approximate surface area is 102 Å². The fourth-order valence-electron chi connectivity index (χ4n) is 1.81. The minimum absolute atomic E-state index is 0.624. The number of nitrogens with one attached hydrogen (secondary N) is 1. The highest BCUT2D eigenvalue weighted by Crippen LogP contribution is 2.20. The number of rotatable bonds is 5. The van der Waals surface area contributed by atoms with Crippen molar-refractivity contribution in [3.8, 4) is 0 Å². The molecule has 3 nitrogen and oxygen atoms in total. The Morgan fingerprint density at radius 3 is 3.19 bits per heavy atom. The second-order valence-corrected chi connectivity index (χ2v) is 6.00. The van der Waals surface area contributed by atoms with Crippen molar-refractivity contribution < 1.29 is 0 Å². The summed E-state index contributed by atoms with van der Waals surface area (Å²) in [5.74, 6) is 4.29. The first-order valence-corrected chi connectivity index (χ1v) is 7.27. The molecule has 0 bridgehead atoms. The Bertz CT molecular complexity index is 316. The van der Waals surface area contributed by atoms with Gasteiger partial charge < -0.3 is 5.32 Å². The van der Waals surface area contributed by atoms with Crippen LogP contribution in [0.25, 0.3) is 0 Å². The van der Waals surface area contributed by atoms with E-state index in [1.165, 1.54) is 24.3 Å². The molecule has 1 aliphatic heterocycles. The second kappa shape index (κ2) is 5.62. The van der Waals surface area contributed by atoms with E-state index < -0.39 is 0 Å². The number of hydrogen-bond acceptors (Lipinski definition) is 3. The Hall–Kier alpha value is -0.640. The summed E-state index contributed by atoms with van der Waals surface area (Å²) < 4.78 is 2.05. The molecule has 0 aliphatic carbocycles. The van der Waals surface area contributed by atoms with Crippen LogP contribution in [0, 0.1) is 5.92 Å².